The summed E-state index contributed by atoms with van der Waals surface area (Å²) in [6.07, 6.45) is 11.9. The van der Waals surface area contributed by atoms with Gasteiger partial charge in [0.05, 0.1) is 17.5 Å². The number of aromatic nitrogens is 3. The molecule has 0 saturated heterocycles. The lowest BCUT2D eigenvalue weighted by molar-refractivity contribution is -0.214. The molecule has 4 saturated carbocycles. The molecule has 0 bridgehead atoms. The monoisotopic (exact) mass is 1420 g/mol. The SMILES string of the molecule is C[C@H]1[C@H](C)CC[C@]2(C(=O)O)CC[C@]3(C)C(=CC[C@@H]4[C@@]5(C)CC[C@H](OC(=O)CCc6cn(CC(=O)N[C@@H](CCCN=C(N)N)C(=O)N[C@@H](CCCN=C(N)N)C(=O)N[C@@H](CCCN=C(N)N)C(=O)N[C@@H](CCCN=C(N)N)C(=O)N[C@@H](CCCN=C(N)N)C(=O)O)nn6)C(C)(C)[C@@H]5CC[C@]43C)[C@H]12. The van der Waals surface area contributed by atoms with E-state index in [4.69, 9.17) is 62.1 Å². The summed E-state index contributed by atoms with van der Waals surface area (Å²) in [5.41, 5.74) is 55.9. The van der Waals surface area contributed by atoms with Gasteiger partial charge in [0.1, 0.15) is 42.9 Å². The van der Waals surface area contributed by atoms with Gasteiger partial charge >= 0.3 is 17.9 Å². The zero-order valence-corrected chi connectivity index (χ0v) is 60.0. The van der Waals surface area contributed by atoms with Crippen molar-refractivity contribution in [3.63, 3.8) is 0 Å². The molecule has 1 aromatic heterocycles. The number of amides is 5. The minimum absolute atomic E-state index is 0.00305. The molecule has 5 aliphatic carbocycles. The molecule has 0 aromatic carbocycles. The Morgan fingerprint density at radius 2 is 1.02 bits per heavy atom. The number of carbonyl (C=O) groups is 8. The first kappa shape index (κ1) is 81.0. The van der Waals surface area contributed by atoms with E-state index in [1.165, 1.54) is 16.5 Å². The molecule has 101 heavy (non-hydrogen) atoms. The van der Waals surface area contributed by atoms with E-state index < -0.39 is 83.6 Å². The van der Waals surface area contributed by atoms with Crippen LogP contribution in [0, 0.1) is 56.7 Å². The fourth-order valence-corrected chi connectivity index (χ4v) is 17.3. The number of carbonyl (C=O) groups excluding carboxylic acids is 6. The normalized spacial score (nSPS) is 26.8. The van der Waals surface area contributed by atoms with Crippen LogP contribution in [0.15, 0.2) is 42.8 Å². The van der Waals surface area contributed by atoms with E-state index >= 15 is 0 Å². The first-order valence-electron chi connectivity index (χ1n) is 35.5. The molecule has 0 radical (unpaired) electrons. The van der Waals surface area contributed by atoms with Gasteiger partial charge in [0.2, 0.25) is 29.5 Å². The number of ether oxygens (including phenoxy) is 1. The van der Waals surface area contributed by atoms with E-state index in [2.05, 4.69) is 116 Å². The molecule has 5 amide bonds. The van der Waals surface area contributed by atoms with Crippen LogP contribution in [0.3, 0.4) is 0 Å². The number of hydrogen-bond donors (Lipinski definition) is 17. The van der Waals surface area contributed by atoms with Crippen LogP contribution in [0.1, 0.15) is 183 Å². The van der Waals surface area contributed by atoms with Crippen LogP contribution in [0.5, 0.6) is 0 Å². The number of esters is 1. The first-order valence-corrected chi connectivity index (χ1v) is 35.5. The van der Waals surface area contributed by atoms with Crippen molar-refractivity contribution in [2.75, 3.05) is 32.7 Å². The van der Waals surface area contributed by atoms with Crippen LogP contribution in [0.4, 0.5) is 0 Å². The summed E-state index contributed by atoms with van der Waals surface area (Å²) in [6, 6.07) is -6.96. The van der Waals surface area contributed by atoms with Gasteiger partial charge in [0.25, 0.3) is 0 Å². The molecule has 0 unspecified atom stereocenters. The fourth-order valence-electron chi connectivity index (χ4n) is 17.3. The van der Waals surface area contributed by atoms with Gasteiger partial charge in [-0.3, -0.25) is 58.5 Å². The third-order valence-corrected chi connectivity index (χ3v) is 23.0. The summed E-state index contributed by atoms with van der Waals surface area (Å²) in [5.74, 6) is -6.19. The highest BCUT2D eigenvalue weighted by atomic mass is 16.5. The number of nitrogens with one attached hydrogen (secondary N) is 5. The Balaban J connectivity index is 1.12. The summed E-state index contributed by atoms with van der Waals surface area (Å²) in [6.45, 7) is 16.3. The van der Waals surface area contributed by atoms with Crippen molar-refractivity contribution in [1.29, 1.82) is 0 Å². The number of allylic oxidation sites excluding steroid dienone is 2. The number of aliphatic imine (C=N–C) groups is 5. The molecule has 34 heteroatoms. The molecule has 1 aromatic rings. The molecule has 4 fully saturated rings. The second-order valence-corrected chi connectivity index (χ2v) is 29.8. The van der Waals surface area contributed by atoms with Gasteiger partial charge in [-0.05, 0) is 168 Å². The second kappa shape index (κ2) is 35.5. The maximum absolute atomic E-state index is 14.6. The van der Waals surface area contributed by atoms with Gasteiger partial charge in [-0.1, -0.05) is 65.3 Å². The van der Waals surface area contributed by atoms with Gasteiger partial charge in [0, 0.05) is 50.8 Å². The van der Waals surface area contributed by atoms with E-state index in [1.807, 2.05) is 0 Å². The van der Waals surface area contributed by atoms with E-state index in [0.29, 0.717) is 30.4 Å². The molecule has 5 aliphatic rings. The van der Waals surface area contributed by atoms with Crippen LogP contribution in [-0.2, 0) is 56.1 Å². The lowest BCUT2D eigenvalue weighted by atomic mass is 9.33. The van der Waals surface area contributed by atoms with Gasteiger partial charge in [-0.2, -0.15) is 0 Å². The Kier molecular flexibility index (Phi) is 28.5. The lowest BCUT2D eigenvalue weighted by Crippen LogP contribution is -2.65. The lowest BCUT2D eigenvalue weighted by Gasteiger charge is -2.71. The van der Waals surface area contributed by atoms with Crippen molar-refractivity contribution in [2.45, 2.75) is 226 Å². The minimum Gasteiger partial charge on any atom is -0.481 e. The third-order valence-electron chi connectivity index (χ3n) is 23.0. The van der Waals surface area contributed by atoms with Crippen LogP contribution in [-0.4, -0.2) is 171 Å². The van der Waals surface area contributed by atoms with Crippen LogP contribution in [0.2, 0.25) is 0 Å². The maximum atomic E-state index is 14.6. The van der Waals surface area contributed by atoms with Crippen molar-refractivity contribution in [3.8, 4) is 0 Å². The van der Waals surface area contributed by atoms with Crippen molar-refractivity contribution in [3.05, 3.63) is 23.5 Å². The quantitative estimate of drug-likeness (QED) is 0.0133. The van der Waals surface area contributed by atoms with E-state index in [1.54, 1.807) is 0 Å². The number of guanidine groups is 5. The van der Waals surface area contributed by atoms with Crippen LogP contribution in [0.25, 0.3) is 0 Å². The molecule has 34 nitrogen and oxygen atoms in total. The Morgan fingerprint density at radius 3 is 1.47 bits per heavy atom. The second-order valence-electron chi connectivity index (χ2n) is 29.8. The molecular formula is C67H115N23O11. The largest absolute Gasteiger partial charge is 0.481 e. The summed E-state index contributed by atoms with van der Waals surface area (Å²) in [7, 11) is 0. The first-order chi connectivity index (χ1) is 47.5. The predicted molar refractivity (Wildman–Crippen MR) is 382 cm³/mol. The highest BCUT2D eigenvalue weighted by Crippen LogP contribution is 2.76. The minimum atomic E-state index is -1.43. The fraction of sp³-hybridized carbons (Fsp3) is 0.746. The van der Waals surface area contributed by atoms with Gasteiger partial charge < -0.3 is 98.9 Å². The molecule has 15 atom stereocenters. The predicted octanol–water partition coefficient (Wildman–Crippen LogP) is -0.359. The average molecular weight is 1420 g/mol. The highest BCUT2D eigenvalue weighted by Gasteiger charge is 2.70. The van der Waals surface area contributed by atoms with Crippen molar-refractivity contribution in [1.82, 2.24) is 41.6 Å². The Labute approximate surface area is 591 Å². The van der Waals surface area contributed by atoms with E-state index in [9.17, 15) is 48.6 Å². The van der Waals surface area contributed by atoms with E-state index in [-0.39, 0.29) is 191 Å². The summed E-state index contributed by atoms with van der Waals surface area (Å²) < 4.78 is 7.67. The number of aliphatic carboxylic acids is 2. The van der Waals surface area contributed by atoms with Crippen LogP contribution < -0.4 is 83.9 Å². The number of fused-ring (bicyclic) bond motifs is 7. The zero-order valence-electron chi connectivity index (χ0n) is 60.0. The molecule has 27 N–H and O–H groups in total. The number of carboxylic acids is 2. The molecule has 0 spiro atoms. The van der Waals surface area contributed by atoms with Crippen molar-refractivity contribution >= 4 is 77.2 Å². The average Bonchev–Trinajstić information content (AvgIpc) is 0.870. The smallest absolute Gasteiger partial charge is 0.326 e. The summed E-state index contributed by atoms with van der Waals surface area (Å²) in [5, 5.41) is 42.5. The van der Waals surface area contributed by atoms with Crippen molar-refractivity contribution in [2.24, 2.45) is 139 Å². The Hall–Kier alpha value is -9.01. The highest BCUT2D eigenvalue weighted by molar-refractivity contribution is 5.96. The van der Waals surface area contributed by atoms with Crippen molar-refractivity contribution < 1.29 is 53.3 Å². The Bertz CT molecular complexity index is 3280. The summed E-state index contributed by atoms with van der Waals surface area (Å²) in [4.78, 5) is 130. The molecule has 6 rings (SSSR count). The molecule has 0 aliphatic heterocycles. The van der Waals surface area contributed by atoms with Gasteiger partial charge in [-0.15, -0.1) is 5.10 Å². The van der Waals surface area contributed by atoms with Gasteiger partial charge in [-0.25, -0.2) is 9.48 Å². The van der Waals surface area contributed by atoms with Gasteiger partial charge in [0.15, 0.2) is 29.8 Å². The number of nitrogens with two attached hydrogens (primary N) is 10. The molecular weight excluding hydrogens is 1300 g/mol. The number of carboxylic acid groups (broad SMARTS) is 2. The number of aryl methyl sites for hydroxylation is 1. The van der Waals surface area contributed by atoms with Crippen LogP contribution >= 0.6 is 0 Å². The number of hydrogen-bond acceptors (Lipinski definition) is 16. The maximum Gasteiger partial charge on any atom is 0.326 e. The number of nitrogens with zero attached hydrogens (tertiary/aromatic N) is 8. The standard InChI is InChI=1S/C67H115N23O11/c1-37-22-27-67(57(99)100)29-28-65(6)40(51(67)38(37)2)19-20-47-64(5)25-24-48(63(3,4)46(64)23-26-66(47,65)7)101-50(92)21-18-39-35-90(89-88-39)36-49(91)83-41(13-8-30-78-58(68)69)52(93)84-42(14-9-31-79-59(70)71)53(94)85-43(15-10-32-80-60(72)73)54(95)86-44(16-11-33-81-61(74)75)55(96)87-45(56(97)98)17-12-34-82-62(76)77/h19,35,37-38,41-48,51H,8-18,20-34,36H2,1-7H3,(H,83,91)(H,84,93)(H,85,94)(H,86,95)(H,87,96)(H,97,98)(H,99,100)(H4,68,69,78)(H4,70,71,79)(H4,72,73,80)(H4,74,75,81)(H4,76,77,82)/t37-,38+,41+,42+,43+,44+,45+,46+,47-,48+,51+,64+,65-,66-,67+/m1/s1. The third kappa shape index (κ3) is 20.6. The summed E-state index contributed by atoms with van der Waals surface area (Å²) >= 11 is 0. The van der Waals surface area contributed by atoms with E-state index in [0.717, 1.165) is 44.9 Å². The molecule has 564 valence electrons. The number of rotatable bonds is 37. The zero-order chi connectivity index (χ0) is 74.8. The topological polar surface area (TPSA) is 599 Å². The molecule has 1 heterocycles. The Morgan fingerprint density at radius 1 is 0.574 bits per heavy atom.